The summed E-state index contributed by atoms with van der Waals surface area (Å²) in [5.74, 6) is -0.523. The minimum absolute atomic E-state index is 0.0803. The van der Waals surface area contributed by atoms with Crippen LogP contribution in [0.15, 0.2) is 78.9 Å². The zero-order valence-corrected chi connectivity index (χ0v) is 15.7. The summed E-state index contributed by atoms with van der Waals surface area (Å²) in [6, 6.07) is 21.3. The highest BCUT2D eigenvalue weighted by molar-refractivity contribution is 6.07. The molecule has 146 valence electrons. The number of carbonyl (C=O) groups is 2. The Bertz CT molecular complexity index is 1020. The minimum atomic E-state index is -0.521. The van der Waals surface area contributed by atoms with Crippen molar-refractivity contribution in [1.82, 2.24) is 0 Å². The molecule has 0 fully saturated rings. The third-order valence-electron chi connectivity index (χ3n) is 4.36. The molecule has 0 aliphatic heterocycles. The van der Waals surface area contributed by atoms with Crippen molar-refractivity contribution in [3.63, 3.8) is 0 Å². The molecule has 0 spiro atoms. The first-order valence-corrected chi connectivity index (χ1v) is 9.02. The third kappa shape index (κ3) is 4.65. The van der Waals surface area contributed by atoms with Crippen molar-refractivity contribution in [2.45, 2.75) is 6.92 Å². The maximum Gasteiger partial charge on any atom is 0.269 e. The Kier molecular flexibility index (Phi) is 5.99. The summed E-state index contributed by atoms with van der Waals surface area (Å²) in [6.45, 7) is 2.44. The maximum atomic E-state index is 12.8. The van der Waals surface area contributed by atoms with Crippen molar-refractivity contribution in [1.29, 1.82) is 0 Å². The van der Waals surface area contributed by atoms with Gasteiger partial charge in [-0.05, 0) is 55.5 Å². The van der Waals surface area contributed by atoms with E-state index in [0.29, 0.717) is 23.4 Å². The number of amides is 2. The zero-order chi connectivity index (χ0) is 20.8. The van der Waals surface area contributed by atoms with Crippen molar-refractivity contribution in [3.05, 3.63) is 100 Å². The molecule has 2 amide bonds. The Balaban J connectivity index is 1.70. The highest BCUT2D eigenvalue weighted by Gasteiger charge is 2.16. The molecule has 0 atom stereocenters. The fraction of sp³-hybridized carbons (Fsp3) is 0.0909. The molecule has 3 aromatic carbocycles. The van der Waals surface area contributed by atoms with Crippen LogP contribution >= 0.6 is 0 Å². The zero-order valence-electron chi connectivity index (χ0n) is 15.7. The summed E-state index contributed by atoms with van der Waals surface area (Å²) >= 11 is 0. The van der Waals surface area contributed by atoms with E-state index in [1.165, 1.54) is 24.3 Å². The average molecular weight is 389 g/mol. The Morgan fingerprint density at radius 2 is 1.48 bits per heavy atom. The molecule has 0 radical (unpaired) electrons. The van der Waals surface area contributed by atoms with Gasteiger partial charge in [-0.25, -0.2) is 0 Å². The van der Waals surface area contributed by atoms with Gasteiger partial charge in [0.2, 0.25) is 0 Å². The molecule has 0 unspecified atom stereocenters. The van der Waals surface area contributed by atoms with Gasteiger partial charge in [0.05, 0.1) is 4.92 Å². The summed E-state index contributed by atoms with van der Waals surface area (Å²) in [5.41, 5.74) is 2.06. The van der Waals surface area contributed by atoms with Gasteiger partial charge >= 0.3 is 0 Å². The van der Waals surface area contributed by atoms with Crippen molar-refractivity contribution in [3.8, 4) is 0 Å². The van der Waals surface area contributed by atoms with Crippen LogP contribution in [0.3, 0.4) is 0 Å². The molecule has 0 aliphatic carbocycles. The molecule has 7 nitrogen and oxygen atoms in total. The molecule has 29 heavy (non-hydrogen) atoms. The first-order chi connectivity index (χ1) is 14.0. The van der Waals surface area contributed by atoms with E-state index in [1.54, 1.807) is 29.2 Å². The molecule has 0 heterocycles. The van der Waals surface area contributed by atoms with Gasteiger partial charge in [0.25, 0.3) is 17.5 Å². The average Bonchev–Trinajstić information content (AvgIpc) is 2.75. The predicted molar refractivity (Wildman–Crippen MR) is 111 cm³/mol. The van der Waals surface area contributed by atoms with Crippen LogP contribution in [0.4, 0.5) is 17.1 Å². The van der Waals surface area contributed by atoms with Crippen LogP contribution in [0.2, 0.25) is 0 Å². The predicted octanol–water partition coefficient (Wildman–Crippen LogP) is 4.51. The van der Waals surface area contributed by atoms with Crippen molar-refractivity contribution in [2.75, 3.05) is 16.8 Å². The molecule has 7 heteroatoms. The van der Waals surface area contributed by atoms with E-state index in [4.69, 9.17) is 0 Å². The lowest BCUT2D eigenvalue weighted by atomic mass is 10.1. The topological polar surface area (TPSA) is 92.6 Å². The lowest BCUT2D eigenvalue weighted by molar-refractivity contribution is -0.384. The molecular weight excluding hydrogens is 370 g/mol. The quantitative estimate of drug-likeness (QED) is 0.496. The molecular formula is C22H19N3O4. The molecule has 0 bridgehead atoms. The van der Waals surface area contributed by atoms with Crippen LogP contribution in [0.1, 0.15) is 27.6 Å². The van der Waals surface area contributed by atoms with Crippen LogP contribution < -0.4 is 10.2 Å². The van der Waals surface area contributed by atoms with Gasteiger partial charge in [0.1, 0.15) is 0 Å². The number of non-ortho nitro benzene ring substituents is 1. The molecule has 1 N–H and O–H groups in total. The van der Waals surface area contributed by atoms with Crippen molar-refractivity contribution < 1.29 is 14.5 Å². The second kappa shape index (κ2) is 8.79. The number of nitro benzene ring substituents is 1. The van der Waals surface area contributed by atoms with E-state index in [1.807, 2.05) is 37.3 Å². The van der Waals surface area contributed by atoms with E-state index in [-0.39, 0.29) is 11.6 Å². The fourth-order valence-electron chi connectivity index (χ4n) is 2.84. The summed E-state index contributed by atoms with van der Waals surface area (Å²) < 4.78 is 0. The monoisotopic (exact) mass is 389 g/mol. The smallest absolute Gasteiger partial charge is 0.269 e. The number of anilines is 2. The largest absolute Gasteiger partial charge is 0.322 e. The SMILES string of the molecule is CCN(C(=O)c1ccc(NC(=O)c2ccc([N+](=O)[O-])cc2)cc1)c1ccccc1. The number of benzene rings is 3. The van der Waals surface area contributed by atoms with Crippen LogP contribution in [0, 0.1) is 10.1 Å². The second-order valence-corrected chi connectivity index (χ2v) is 6.22. The first-order valence-electron chi connectivity index (χ1n) is 9.02. The summed E-state index contributed by atoms with van der Waals surface area (Å²) in [6.07, 6.45) is 0. The highest BCUT2D eigenvalue weighted by atomic mass is 16.6. The number of nitrogens with zero attached hydrogens (tertiary/aromatic N) is 2. The van der Waals surface area contributed by atoms with Crippen LogP contribution in [0.5, 0.6) is 0 Å². The second-order valence-electron chi connectivity index (χ2n) is 6.22. The number of hydrogen-bond acceptors (Lipinski definition) is 4. The van der Waals surface area contributed by atoms with Gasteiger partial charge in [-0.3, -0.25) is 19.7 Å². The molecule has 0 saturated carbocycles. The van der Waals surface area contributed by atoms with E-state index >= 15 is 0 Å². The third-order valence-corrected chi connectivity index (χ3v) is 4.36. The van der Waals surface area contributed by atoms with E-state index < -0.39 is 10.8 Å². The van der Waals surface area contributed by atoms with E-state index in [2.05, 4.69) is 5.32 Å². The standard InChI is InChI=1S/C22H19N3O4/c1-2-24(19-6-4-3-5-7-19)22(27)17-8-12-18(13-9-17)23-21(26)16-10-14-20(15-11-16)25(28)29/h3-15H,2H2,1H3,(H,23,26). The van der Waals surface area contributed by atoms with E-state index in [9.17, 15) is 19.7 Å². The number of carbonyl (C=O) groups excluding carboxylic acids is 2. The van der Waals surface area contributed by atoms with Gasteiger partial charge in [-0.1, -0.05) is 18.2 Å². The summed E-state index contributed by atoms with van der Waals surface area (Å²) in [4.78, 5) is 36.9. The van der Waals surface area contributed by atoms with Crippen LogP contribution in [0.25, 0.3) is 0 Å². The van der Waals surface area contributed by atoms with Gasteiger partial charge in [0.15, 0.2) is 0 Å². The van der Waals surface area contributed by atoms with Gasteiger partial charge in [0, 0.05) is 41.2 Å². The molecule has 0 aliphatic rings. The Morgan fingerprint density at radius 3 is 2.03 bits per heavy atom. The van der Waals surface area contributed by atoms with Crippen molar-refractivity contribution in [2.24, 2.45) is 0 Å². The lowest BCUT2D eigenvalue weighted by Gasteiger charge is -2.21. The Labute approximate surface area is 167 Å². The van der Waals surface area contributed by atoms with Crippen LogP contribution in [-0.4, -0.2) is 23.3 Å². The lowest BCUT2D eigenvalue weighted by Crippen LogP contribution is -2.30. The molecule has 0 aromatic heterocycles. The fourth-order valence-corrected chi connectivity index (χ4v) is 2.84. The van der Waals surface area contributed by atoms with Gasteiger partial charge in [-0.15, -0.1) is 0 Å². The molecule has 3 rings (SSSR count). The van der Waals surface area contributed by atoms with Gasteiger partial charge in [-0.2, -0.15) is 0 Å². The van der Waals surface area contributed by atoms with Gasteiger partial charge < -0.3 is 10.2 Å². The van der Waals surface area contributed by atoms with Crippen molar-refractivity contribution >= 4 is 28.9 Å². The summed E-state index contributed by atoms with van der Waals surface area (Å²) in [7, 11) is 0. The van der Waals surface area contributed by atoms with Crippen LogP contribution in [-0.2, 0) is 0 Å². The first kappa shape index (κ1) is 19.8. The summed E-state index contributed by atoms with van der Waals surface area (Å²) in [5, 5.41) is 13.4. The maximum absolute atomic E-state index is 12.8. The number of nitro groups is 1. The number of nitrogens with one attached hydrogen (secondary N) is 1. The Morgan fingerprint density at radius 1 is 0.897 bits per heavy atom. The molecule has 3 aromatic rings. The number of rotatable bonds is 6. The Hall–Kier alpha value is -4.00. The number of para-hydroxylation sites is 1. The number of hydrogen-bond donors (Lipinski definition) is 1. The normalized spacial score (nSPS) is 10.2. The van der Waals surface area contributed by atoms with E-state index in [0.717, 1.165) is 5.69 Å². The highest BCUT2D eigenvalue weighted by Crippen LogP contribution is 2.19. The molecule has 0 saturated heterocycles. The minimum Gasteiger partial charge on any atom is -0.322 e.